The van der Waals surface area contributed by atoms with Gasteiger partial charge in [0.1, 0.15) is 12.4 Å². The van der Waals surface area contributed by atoms with Crippen molar-refractivity contribution in [1.82, 2.24) is 14.3 Å². The van der Waals surface area contributed by atoms with E-state index in [1.807, 2.05) is 0 Å². The molecule has 2 atom stereocenters. The summed E-state index contributed by atoms with van der Waals surface area (Å²) in [5.41, 5.74) is 5.60. The molecule has 2 amide bonds. The van der Waals surface area contributed by atoms with Gasteiger partial charge in [0.05, 0.1) is 12.1 Å². The summed E-state index contributed by atoms with van der Waals surface area (Å²) in [7, 11) is -9.06. The lowest BCUT2D eigenvalue weighted by Gasteiger charge is -2.29. The minimum absolute atomic E-state index is 0.0506. The zero-order valence-corrected chi connectivity index (χ0v) is 15.3. The topological polar surface area (TPSA) is 163 Å². The molecule has 3 N–H and O–H groups in total. The predicted octanol–water partition coefficient (Wildman–Crippen LogP) is -0.914. The summed E-state index contributed by atoms with van der Waals surface area (Å²) >= 11 is 0. The molecule has 0 aromatic carbocycles. The zero-order valence-electron chi connectivity index (χ0n) is 13.7. The summed E-state index contributed by atoms with van der Waals surface area (Å²) in [5.74, 6) is -0.635. The van der Waals surface area contributed by atoms with Crippen molar-refractivity contribution < 1.29 is 43.6 Å². The second-order valence-electron chi connectivity index (χ2n) is 5.88. The summed E-state index contributed by atoms with van der Waals surface area (Å²) < 4.78 is 98.5. The third-order valence-corrected chi connectivity index (χ3v) is 5.56. The molecule has 2 aliphatic rings. The van der Waals surface area contributed by atoms with Crippen LogP contribution in [0, 0.1) is 0 Å². The van der Waals surface area contributed by atoms with E-state index in [2.05, 4.69) is 8.68 Å². The van der Waals surface area contributed by atoms with Gasteiger partial charge in [0, 0.05) is 13.6 Å². The number of halogens is 3. The normalized spacial score (nSPS) is 24.8. The number of hydroxylamine groups is 2. The number of alkyl halides is 3. The average Bonchev–Trinajstić information content (AvgIpc) is 2.68. The van der Waals surface area contributed by atoms with Crippen molar-refractivity contribution in [3.8, 4) is 0 Å². The third kappa shape index (κ3) is 5.18. The fourth-order valence-electron chi connectivity index (χ4n) is 2.74. The number of piperidine rings is 1. The molecule has 2 bridgehead atoms. The lowest BCUT2D eigenvalue weighted by atomic mass is 10.0. The van der Waals surface area contributed by atoms with Crippen molar-refractivity contribution in [3.63, 3.8) is 0 Å². The number of nitrogens with two attached hydrogens (primary N) is 1. The highest BCUT2D eigenvalue weighted by Crippen LogP contribution is 2.31. The zero-order chi connectivity index (χ0) is 20.8. The molecule has 2 rings (SSSR count). The Labute approximate surface area is 152 Å². The van der Waals surface area contributed by atoms with E-state index < -0.39 is 57.3 Å². The minimum atomic E-state index is -4.97. The van der Waals surface area contributed by atoms with E-state index >= 15 is 0 Å². The van der Waals surface area contributed by atoms with E-state index in [0.717, 1.165) is 4.90 Å². The highest BCUT2D eigenvalue weighted by molar-refractivity contribution is 7.87. The molecule has 17 heteroatoms. The first-order chi connectivity index (χ1) is 12.1. The van der Waals surface area contributed by atoms with Gasteiger partial charge < -0.3 is 10.6 Å². The molecule has 0 spiro atoms. The Morgan fingerprint density at radius 1 is 1.37 bits per heavy atom. The van der Waals surface area contributed by atoms with Crippen molar-refractivity contribution in [2.75, 3.05) is 20.1 Å². The standard InChI is InChI=1S/C10H16F3N5O7S2/c1-16(5-10(11,12)13)26(20,21)15-8(14)7-3-2-6-4-17(7)9(19)18(6)25-27(22,23)24/h6-7H,2-5H2,1H3,(H2,14,15)(H,22,23,24). The van der Waals surface area contributed by atoms with Crippen LogP contribution in [0.1, 0.15) is 12.8 Å². The van der Waals surface area contributed by atoms with Gasteiger partial charge in [0.2, 0.25) is 0 Å². The summed E-state index contributed by atoms with van der Waals surface area (Å²) in [6, 6.07) is -2.86. The average molecular weight is 439 g/mol. The Bertz CT molecular complexity index is 844. The lowest BCUT2D eigenvalue weighted by Crippen LogP contribution is -2.49. The Hall–Kier alpha value is -1.69. The van der Waals surface area contributed by atoms with Gasteiger partial charge in [-0.3, -0.25) is 4.55 Å². The van der Waals surface area contributed by atoms with Gasteiger partial charge in [-0.1, -0.05) is 0 Å². The first kappa shape index (κ1) is 21.6. The SMILES string of the molecule is CN(CC(F)(F)F)S(=O)(=O)N=C(N)C1CCC2CN1C(=O)N2OS(=O)(=O)O. The van der Waals surface area contributed by atoms with Gasteiger partial charge in [-0.2, -0.15) is 39.4 Å². The second kappa shape index (κ2) is 7.04. The minimum Gasteiger partial charge on any atom is -0.385 e. The number of rotatable bonds is 6. The number of hydrogen-bond donors (Lipinski definition) is 2. The van der Waals surface area contributed by atoms with Crippen molar-refractivity contribution in [3.05, 3.63) is 0 Å². The van der Waals surface area contributed by atoms with Crippen LogP contribution in [0.2, 0.25) is 0 Å². The largest absolute Gasteiger partial charge is 0.418 e. The molecular weight excluding hydrogens is 423 g/mol. The third-order valence-electron chi connectivity index (χ3n) is 3.86. The summed E-state index contributed by atoms with van der Waals surface area (Å²) in [4.78, 5) is 13.2. The maximum atomic E-state index is 12.4. The molecule has 0 aromatic heterocycles. The molecule has 27 heavy (non-hydrogen) atoms. The number of amidine groups is 1. The maximum Gasteiger partial charge on any atom is 0.418 e. The van der Waals surface area contributed by atoms with Crippen LogP contribution in [0.4, 0.5) is 18.0 Å². The molecule has 2 unspecified atom stereocenters. The van der Waals surface area contributed by atoms with Gasteiger partial charge in [-0.05, 0) is 12.8 Å². The van der Waals surface area contributed by atoms with E-state index in [4.69, 9.17) is 10.3 Å². The molecule has 0 aliphatic carbocycles. The smallest absolute Gasteiger partial charge is 0.385 e. The van der Waals surface area contributed by atoms with Gasteiger partial charge in [0.15, 0.2) is 0 Å². The van der Waals surface area contributed by atoms with E-state index in [-0.39, 0.29) is 23.7 Å². The van der Waals surface area contributed by atoms with Gasteiger partial charge in [-0.25, -0.2) is 4.79 Å². The molecule has 0 saturated carbocycles. The first-order valence-electron chi connectivity index (χ1n) is 7.26. The second-order valence-corrected chi connectivity index (χ2v) is 8.58. The molecule has 2 fully saturated rings. The number of fused-ring (bicyclic) bond motifs is 2. The summed E-state index contributed by atoms with van der Waals surface area (Å²) in [6.07, 6.45) is -4.62. The number of carbonyl (C=O) groups is 1. The number of carbonyl (C=O) groups excluding carboxylic acids is 1. The quantitative estimate of drug-likeness (QED) is 0.305. The molecule has 2 heterocycles. The van der Waals surface area contributed by atoms with E-state index in [0.29, 0.717) is 12.1 Å². The van der Waals surface area contributed by atoms with Crippen molar-refractivity contribution in [2.24, 2.45) is 10.1 Å². The van der Waals surface area contributed by atoms with E-state index in [1.54, 1.807) is 0 Å². The number of urea groups is 1. The van der Waals surface area contributed by atoms with Gasteiger partial charge >= 0.3 is 32.8 Å². The van der Waals surface area contributed by atoms with E-state index in [9.17, 15) is 34.8 Å². The molecule has 0 aromatic rings. The van der Waals surface area contributed by atoms with E-state index in [1.165, 1.54) is 0 Å². The fourth-order valence-corrected chi connectivity index (χ4v) is 3.96. The summed E-state index contributed by atoms with van der Waals surface area (Å²) in [5, 5.41) is 0.410. The van der Waals surface area contributed by atoms with Crippen LogP contribution >= 0.6 is 0 Å². The number of amides is 2. The molecule has 2 saturated heterocycles. The highest BCUT2D eigenvalue weighted by atomic mass is 32.3. The Morgan fingerprint density at radius 3 is 2.48 bits per heavy atom. The molecule has 156 valence electrons. The maximum absolute atomic E-state index is 12.4. The highest BCUT2D eigenvalue weighted by Gasteiger charge is 2.48. The molecule has 0 radical (unpaired) electrons. The first-order valence-corrected chi connectivity index (χ1v) is 10.0. The van der Waals surface area contributed by atoms with Crippen molar-refractivity contribution in [1.29, 1.82) is 0 Å². The van der Waals surface area contributed by atoms with Crippen LogP contribution in [0.25, 0.3) is 0 Å². The van der Waals surface area contributed by atoms with Gasteiger partial charge in [0.25, 0.3) is 0 Å². The Kier molecular flexibility index (Phi) is 5.64. The Balaban J connectivity index is 2.19. The Morgan fingerprint density at radius 2 is 1.96 bits per heavy atom. The predicted molar refractivity (Wildman–Crippen MR) is 82.6 cm³/mol. The van der Waals surface area contributed by atoms with Gasteiger partial charge in [-0.15, -0.1) is 8.68 Å². The molecular formula is C10H16F3N5O7S2. The van der Waals surface area contributed by atoms with Crippen LogP contribution < -0.4 is 5.73 Å². The molecule has 2 aliphatic heterocycles. The van der Waals surface area contributed by atoms with Crippen LogP contribution in [0.5, 0.6) is 0 Å². The van der Waals surface area contributed by atoms with Crippen LogP contribution in [0.3, 0.4) is 0 Å². The number of hydrogen-bond acceptors (Lipinski definition) is 6. The fraction of sp³-hybridized carbons (Fsp3) is 0.800. The van der Waals surface area contributed by atoms with Crippen LogP contribution in [0.15, 0.2) is 4.40 Å². The van der Waals surface area contributed by atoms with Crippen molar-refractivity contribution in [2.45, 2.75) is 31.1 Å². The summed E-state index contributed by atoms with van der Waals surface area (Å²) in [6.45, 7) is -1.88. The van der Waals surface area contributed by atoms with Crippen molar-refractivity contribution >= 4 is 32.5 Å². The van der Waals surface area contributed by atoms with Crippen LogP contribution in [-0.2, 0) is 24.9 Å². The molecule has 12 nitrogen and oxygen atoms in total. The van der Waals surface area contributed by atoms with Crippen LogP contribution in [-0.4, -0.2) is 85.9 Å². The number of nitrogens with zero attached hydrogens (tertiary/aromatic N) is 4. The monoisotopic (exact) mass is 439 g/mol. The lowest BCUT2D eigenvalue weighted by molar-refractivity contribution is -0.134.